The van der Waals surface area contributed by atoms with Crippen molar-refractivity contribution >= 4 is 0 Å². The molecule has 1 N–H and O–H groups in total. The number of ether oxygens (including phenoxy) is 2. The summed E-state index contributed by atoms with van der Waals surface area (Å²) in [5.74, 6) is 1.67. The van der Waals surface area contributed by atoms with Crippen molar-refractivity contribution < 1.29 is 9.47 Å². The molecule has 1 saturated carbocycles. The van der Waals surface area contributed by atoms with Crippen LogP contribution >= 0.6 is 0 Å². The molecule has 100 valence electrons. The van der Waals surface area contributed by atoms with Gasteiger partial charge in [-0.1, -0.05) is 19.1 Å². The molecule has 1 fully saturated rings. The van der Waals surface area contributed by atoms with Crippen LogP contribution in [0.1, 0.15) is 32.6 Å². The first kappa shape index (κ1) is 13.2. The molecule has 1 aliphatic rings. The third kappa shape index (κ3) is 3.16. The standard InChI is InChI=1S/C15H23NO2/c1-3-11-16-12-7-6-10-13(12)18-15-9-5-4-8-14(15)17-2/h4-5,8-9,12-13,16H,3,6-7,10-11H2,1-2H3. The van der Waals surface area contributed by atoms with Gasteiger partial charge in [0.05, 0.1) is 7.11 Å². The quantitative estimate of drug-likeness (QED) is 0.840. The summed E-state index contributed by atoms with van der Waals surface area (Å²) >= 11 is 0. The third-order valence-electron chi connectivity index (χ3n) is 3.46. The molecule has 18 heavy (non-hydrogen) atoms. The van der Waals surface area contributed by atoms with Crippen LogP contribution in [0.25, 0.3) is 0 Å². The fourth-order valence-electron chi connectivity index (χ4n) is 2.51. The molecule has 0 amide bonds. The lowest BCUT2D eigenvalue weighted by molar-refractivity contribution is 0.168. The number of hydrogen-bond acceptors (Lipinski definition) is 3. The summed E-state index contributed by atoms with van der Waals surface area (Å²) in [6.07, 6.45) is 5.01. The monoisotopic (exact) mass is 249 g/mol. The molecular formula is C15H23NO2. The maximum Gasteiger partial charge on any atom is 0.161 e. The van der Waals surface area contributed by atoms with Crippen LogP contribution in [0.2, 0.25) is 0 Å². The Balaban J connectivity index is 1.99. The number of hydrogen-bond donors (Lipinski definition) is 1. The Bertz CT molecular complexity index is 367. The smallest absolute Gasteiger partial charge is 0.161 e. The van der Waals surface area contributed by atoms with Crippen molar-refractivity contribution in [2.45, 2.75) is 44.8 Å². The number of methoxy groups -OCH3 is 1. The van der Waals surface area contributed by atoms with Crippen LogP contribution in [0.3, 0.4) is 0 Å². The van der Waals surface area contributed by atoms with E-state index in [1.807, 2.05) is 24.3 Å². The second kappa shape index (κ2) is 6.64. The van der Waals surface area contributed by atoms with Crippen LogP contribution in [-0.4, -0.2) is 25.8 Å². The molecule has 1 aliphatic carbocycles. The molecule has 0 bridgehead atoms. The predicted molar refractivity (Wildman–Crippen MR) is 73.3 cm³/mol. The fraction of sp³-hybridized carbons (Fsp3) is 0.600. The first-order chi connectivity index (χ1) is 8.85. The number of nitrogens with one attached hydrogen (secondary N) is 1. The molecule has 0 heterocycles. The van der Waals surface area contributed by atoms with E-state index in [0.717, 1.165) is 30.9 Å². The van der Waals surface area contributed by atoms with E-state index in [1.165, 1.54) is 12.8 Å². The van der Waals surface area contributed by atoms with Crippen molar-refractivity contribution in [1.82, 2.24) is 5.32 Å². The van der Waals surface area contributed by atoms with Crippen molar-refractivity contribution in [1.29, 1.82) is 0 Å². The van der Waals surface area contributed by atoms with E-state index in [4.69, 9.17) is 9.47 Å². The van der Waals surface area contributed by atoms with Gasteiger partial charge in [0.2, 0.25) is 0 Å². The highest BCUT2D eigenvalue weighted by Crippen LogP contribution is 2.31. The van der Waals surface area contributed by atoms with Crippen LogP contribution in [0.5, 0.6) is 11.5 Å². The number of benzene rings is 1. The normalized spacial score (nSPS) is 23.0. The summed E-state index contributed by atoms with van der Waals surface area (Å²) in [6, 6.07) is 8.36. The highest BCUT2D eigenvalue weighted by molar-refractivity contribution is 5.39. The van der Waals surface area contributed by atoms with Crippen LogP contribution < -0.4 is 14.8 Å². The van der Waals surface area contributed by atoms with Gasteiger partial charge in [-0.15, -0.1) is 0 Å². The molecule has 0 spiro atoms. The SMILES string of the molecule is CCCNC1CCCC1Oc1ccccc1OC. The Hall–Kier alpha value is -1.22. The maximum absolute atomic E-state index is 6.12. The Morgan fingerprint density at radius 1 is 1.22 bits per heavy atom. The van der Waals surface area contributed by atoms with Crippen molar-refractivity contribution in [3.8, 4) is 11.5 Å². The summed E-state index contributed by atoms with van der Waals surface area (Å²) in [7, 11) is 1.68. The number of rotatable bonds is 6. The molecule has 0 radical (unpaired) electrons. The lowest BCUT2D eigenvalue weighted by Gasteiger charge is -2.23. The van der Waals surface area contributed by atoms with E-state index in [-0.39, 0.29) is 6.10 Å². The molecule has 0 saturated heterocycles. The molecule has 2 atom stereocenters. The van der Waals surface area contributed by atoms with Gasteiger partial charge in [-0.05, 0) is 44.4 Å². The highest BCUT2D eigenvalue weighted by Gasteiger charge is 2.28. The first-order valence-corrected chi connectivity index (χ1v) is 6.88. The lowest BCUT2D eigenvalue weighted by atomic mass is 10.2. The Labute approximate surface area is 109 Å². The van der Waals surface area contributed by atoms with Crippen LogP contribution in [0, 0.1) is 0 Å². The molecule has 0 aliphatic heterocycles. The van der Waals surface area contributed by atoms with E-state index < -0.39 is 0 Å². The van der Waals surface area contributed by atoms with Crippen LogP contribution in [0.4, 0.5) is 0 Å². The minimum absolute atomic E-state index is 0.271. The second-order valence-corrected chi connectivity index (χ2v) is 4.80. The molecule has 2 unspecified atom stereocenters. The highest BCUT2D eigenvalue weighted by atomic mass is 16.5. The Morgan fingerprint density at radius 2 is 2.00 bits per heavy atom. The zero-order valence-corrected chi connectivity index (χ0v) is 11.3. The summed E-state index contributed by atoms with van der Waals surface area (Å²) < 4.78 is 11.4. The van der Waals surface area contributed by atoms with Crippen molar-refractivity contribution in [2.24, 2.45) is 0 Å². The summed E-state index contributed by atoms with van der Waals surface area (Å²) in [5.41, 5.74) is 0. The molecule has 3 heteroatoms. The maximum atomic E-state index is 6.12. The zero-order chi connectivity index (χ0) is 12.8. The first-order valence-electron chi connectivity index (χ1n) is 6.88. The molecule has 0 aromatic heterocycles. The van der Waals surface area contributed by atoms with Gasteiger partial charge in [0.15, 0.2) is 11.5 Å². The van der Waals surface area contributed by atoms with Crippen LogP contribution in [0.15, 0.2) is 24.3 Å². The second-order valence-electron chi connectivity index (χ2n) is 4.80. The molecule has 3 nitrogen and oxygen atoms in total. The summed E-state index contributed by atoms with van der Waals surface area (Å²) in [6.45, 7) is 3.26. The summed E-state index contributed by atoms with van der Waals surface area (Å²) in [5, 5.41) is 3.57. The minimum Gasteiger partial charge on any atom is -0.493 e. The van der Waals surface area contributed by atoms with Crippen LogP contribution in [-0.2, 0) is 0 Å². The van der Waals surface area contributed by atoms with Gasteiger partial charge in [0.1, 0.15) is 6.10 Å². The Morgan fingerprint density at radius 3 is 2.72 bits per heavy atom. The molecule has 2 rings (SSSR count). The summed E-state index contributed by atoms with van der Waals surface area (Å²) in [4.78, 5) is 0. The zero-order valence-electron chi connectivity index (χ0n) is 11.3. The van der Waals surface area contributed by atoms with E-state index in [0.29, 0.717) is 6.04 Å². The molecular weight excluding hydrogens is 226 g/mol. The van der Waals surface area contributed by atoms with E-state index >= 15 is 0 Å². The third-order valence-corrected chi connectivity index (χ3v) is 3.46. The van der Waals surface area contributed by atoms with E-state index in [9.17, 15) is 0 Å². The van der Waals surface area contributed by atoms with E-state index in [1.54, 1.807) is 7.11 Å². The van der Waals surface area contributed by atoms with Gasteiger partial charge in [-0.2, -0.15) is 0 Å². The van der Waals surface area contributed by atoms with Crippen molar-refractivity contribution in [3.63, 3.8) is 0 Å². The fourth-order valence-corrected chi connectivity index (χ4v) is 2.51. The van der Waals surface area contributed by atoms with Gasteiger partial charge < -0.3 is 14.8 Å². The molecule has 1 aromatic rings. The molecule has 1 aromatic carbocycles. The van der Waals surface area contributed by atoms with Gasteiger partial charge in [-0.3, -0.25) is 0 Å². The average Bonchev–Trinajstić information content (AvgIpc) is 2.84. The van der Waals surface area contributed by atoms with Gasteiger partial charge in [0, 0.05) is 6.04 Å². The Kier molecular flexibility index (Phi) is 4.88. The van der Waals surface area contributed by atoms with Crippen molar-refractivity contribution in [3.05, 3.63) is 24.3 Å². The van der Waals surface area contributed by atoms with Crippen molar-refractivity contribution in [2.75, 3.05) is 13.7 Å². The van der Waals surface area contributed by atoms with Gasteiger partial charge >= 0.3 is 0 Å². The average molecular weight is 249 g/mol. The predicted octanol–water partition coefficient (Wildman–Crippen LogP) is 2.99. The largest absolute Gasteiger partial charge is 0.493 e. The van der Waals surface area contributed by atoms with E-state index in [2.05, 4.69) is 12.2 Å². The number of para-hydroxylation sites is 2. The topological polar surface area (TPSA) is 30.5 Å². The van der Waals surface area contributed by atoms with Gasteiger partial charge in [0.25, 0.3) is 0 Å². The minimum atomic E-state index is 0.271. The lowest BCUT2D eigenvalue weighted by Crippen LogP contribution is -2.39. The van der Waals surface area contributed by atoms with Gasteiger partial charge in [-0.25, -0.2) is 0 Å².